The maximum atomic E-state index is 4.31. The Morgan fingerprint density at radius 3 is 0.700 bits per heavy atom. The number of nitrogens with zero attached hydrogens (tertiary/aromatic N) is 2. The lowest BCUT2D eigenvalue weighted by molar-refractivity contribution is 0.505. The van der Waals surface area contributed by atoms with Crippen LogP contribution >= 0.6 is 16.1 Å². The van der Waals surface area contributed by atoms with E-state index < -0.39 is 0 Å². The molecular formula is C6H20BrN3. The molecule has 0 atom stereocenters. The van der Waals surface area contributed by atoms with Gasteiger partial charge in [-0.25, -0.2) is 0 Å². The van der Waals surface area contributed by atoms with Gasteiger partial charge in [0, 0.05) is 16.1 Å². The molecule has 0 amide bonds. The highest BCUT2D eigenvalue weighted by atomic mass is 79.9. The van der Waals surface area contributed by atoms with Gasteiger partial charge in [0.2, 0.25) is 0 Å². The summed E-state index contributed by atoms with van der Waals surface area (Å²) in [4.78, 5) is 4.00. The van der Waals surface area contributed by atoms with Crippen LogP contribution in [0, 0.1) is 0 Å². The van der Waals surface area contributed by atoms with Gasteiger partial charge in [0.25, 0.3) is 0 Å². The van der Waals surface area contributed by atoms with Crippen LogP contribution in [0.25, 0.3) is 0 Å². The van der Waals surface area contributed by atoms with Crippen molar-refractivity contribution in [1.29, 1.82) is 0 Å². The molecule has 0 aliphatic rings. The van der Waals surface area contributed by atoms with Gasteiger partial charge in [-0.15, -0.1) is 0 Å². The second-order valence-corrected chi connectivity index (χ2v) is 2.68. The Balaban J connectivity index is -0.0000000787. The molecule has 4 heteroatoms. The molecule has 0 bridgehead atoms. The summed E-state index contributed by atoms with van der Waals surface area (Å²) in [5.74, 6) is 0. The van der Waals surface area contributed by atoms with Gasteiger partial charge in [-0.2, -0.15) is 0 Å². The quantitative estimate of drug-likeness (QED) is 0.600. The third kappa shape index (κ3) is 3490. The molecule has 0 aliphatic carbocycles. The first-order chi connectivity index (χ1) is 4.46. The van der Waals surface area contributed by atoms with E-state index >= 15 is 0 Å². The second kappa shape index (κ2) is 16.2. The molecule has 0 aromatic carbocycles. The highest BCUT2D eigenvalue weighted by Gasteiger charge is 1.58. The van der Waals surface area contributed by atoms with Gasteiger partial charge in [0.05, 0.1) is 0 Å². The fourth-order valence-corrected chi connectivity index (χ4v) is 0. The lowest BCUT2D eigenvalue weighted by atomic mass is 11.0. The smallest absolute Gasteiger partial charge is 0.00554 e. The molecule has 0 rings (SSSR count). The van der Waals surface area contributed by atoms with Gasteiger partial charge in [0.1, 0.15) is 0 Å². The van der Waals surface area contributed by atoms with Crippen molar-refractivity contribution in [1.82, 2.24) is 9.80 Å². The standard InChI is InChI=1S/2C3H9N.BrH2N/c2*1-4(2)3;1-2/h2*1-3H3;2H2. The zero-order chi connectivity index (χ0) is 9.15. The van der Waals surface area contributed by atoms with Gasteiger partial charge >= 0.3 is 0 Å². The van der Waals surface area contributed by atoms with Gasteiger partial charge < -0.3 is 9.80 Å². The van der Waals surface area contributed by atoms with Crippen molar-refractivity contribution in [3.8, 4) is 0 Å². The predicted molar refractivity (Wildman–Crippen MR) is 52.3 cm³/mol. The first kappa shape index (κ1) is 16.8. The molecule has 0 heterocycles. The van der Waals surface area contributed by atoms with Crippen LogP contribution in [0.15, 0.2) is 0 Å². The van der Waals surface area contributed by atoms with E-state index in [1.807, 2.05) is 52.1 Å². The molecule has 0 saturated heterocycles. The number of hydrogen-bond donors (Lipinski definition) is 1. The summed E-state index contributed by atoms with van der Waals surface area (Å²) in [6, 6.07) is 0. The molecule has 0 spiro atoms. The van der Waals surface area contributed by atoms with Crippen molar-refractivity contribution < 1.29 is 0 Å². The summed E-state index contributed by atoms with van der Waals surface area (Å²) >= 11 is 2.44. The van der Waals surface area contributed by atoms with Crippen LogP contribution in [0.4, 0.5) is 0 Å². The first-order valence-corrected chi connectivity index (χ1v) is 3.82. The maximum absolute atomic E-state index is 4.31. The van der Waals surface area contributed by atoms with E-state index in [9.17, 15) is 0 Å². The lowest BCUT2D eigenvalue weighted by Crippen LogP contribution is -1.99. The Labute approximate surface area is 73.5 Å². The van der Waals surface area contributed by atoms with Crippen LogP contribution < -0.4 is 4.76 Å². The minimum atomic E-state index is 2.00. The molecule has 0 fully saturated rings. The van der Waals surface area contributed by atoms with E-state index in [4.69, 9.17) is 0 Å². The normalized spacial score (nSPS) is 7.80. The zero-order valence-electron chi connectivity index (χ0n) is 7.85. The summed E-state index contributed by atoms with van der Waals surface area (Å²) in [7, 11) is 12.0. The SMILES string of the molecule is CN(C)C.CN(C)C.NBr. The molecule has 2 N–H and O–H groups in total. The van der Waals surface area contributed by atoms with Gasteiger partial charge in [-0.1, -0.05) is 0 Å². The van der Waals surface area contributed by atoms with E-state index in [0.717, 1.165) is 0 Å². The topological polar surface area (TPSA) is 32.5 Å². The molecule has 10 heavy (non-hydrogen) atoms. The monoisotopic (exact) mass is 213 g/mol. The summed E-state index contributed by atoms with van der Waals surface area (Å²) in [6.07, 6.45) is 0. The fourth-order valence-electron chi connectivity index (χ4n) is 0. The summed E-state index contributed by atoms with van der Waals surface area (Å²) in [5, 5.41) is 0. The lowest BCUT2D eigenvalue weighted by Gasteiger charge is -1.90. The maximum Gasteiger partial charge on any atom is 0.00554 e. The van der Waals surface area contributed by atoms with Crippen LogP contribution in [0.1, 0.15) is 0 Å². The molecule has 0 unspecified atom stereocenters. The Morgan fingerprint density at radius 2 is 0.700 bits per heavy atom. The minimum absolute atomic E-state index is 2.00. The van der Waals surface area contributed by atoms with Crippen molar-refractivity contribution >= 4 is 16.1 Å². The van der Waals surface area contributed by atoms with Crippen molar-refractivity contribution in [3.63, 3.8) is 0 Å². The molecule has 0 aromatic rings. The van der Waals surface area contributed by atoms with Gasteiger partial charge in [0.15, 0.2) is 0 Å². The second-order valence-electron chi connectivity index (χ2n) is 2.68. The number of halogens is 1. The average Bonchev–Trinajstić information content (AvgIpc) is 1.66. The Hall–Kier alpha value is 0.360. The van der Waals surface area contributed by atoms with E-state index in [0.29, 0.717) is 0 Å². The molecule has 66 valence electrons. The molecule has 0 radical (unpaired) electrons. The van der Waals surface area contributed by atoms with Crippen LogP contribution in [0.3, 0.4) is 0 Å². The van der Waals surface area contributed by atoms with Crippen LogP contribution in [0.5, 0.6) is 0 Å². The van der Waals surface area contributed by atoms with Crippen molar-refractivity contribution in [2.45, 2.75) is 0 Å². The fraction of sp³-hybridized carbons (Fsp3) is 1.00. The highest BCUT2D eigenvalue weighted by molar-refractivity contribution is 9.07. The van der Waals surface area contributed by atoms with E-state index in [1.54, 1.807) is 0 Å². The predicted octanol–water partition coefficient (Wildman–Crippen LogP) is 0.611. The summed E-state index contributed by atoms with van der Waals surface area (Å²) in [6.45, 7) is 0. The Kier molecular flexibility index (Phi) is 27.1. The van der Waals surface area contributed by atoms with E-state index in [-0.39, 0.29) is 0 Å². The average molecular weight is 214 g/mol. The van der Waals surface area contributed by atoms with Crippen LogP contribution in [-0.4, -0.2) is 52.1 Å². The molecule has 0 aliphatic heterocycles. The van der Waals surface area contributed by atoms with Crippen molar-refractivity contribution in [2.24, 2.45) is 4.76 Å². The summed E-state index contributed by atoms with van der Waals surface area (Å²) < 4.78 is 4.31. The number of rotatable bonds is 0. The Morgan fingerprint density at radius 1 is 0.700 bits per heavy atom. The van der Waals surface area contributed by atoms with Crippen molar-refractivity contribution in [2.75, 3.05) is 42.3 Å². The summed E-state index contributed by atoms with van der Waals surface area (Å²) in [5.41, 5.74) is 0. The zero-order valence-corrected chi connectivity index (χ0v) is 9.44. The molecule has 3 nitrogen and oxygen atoms in total. The first-order valence-electron chi connectivity index (χ1n) is 2.90. The van der Waals surface area contributed by atoms with Gasteiger partial charge in [-0.3, -0.25) is 4.76 Å². The van der Waals surface area contributed by atoms with E-state index in [1.165, 1.54) is 0 Å². The van der Waals surface area contributed by atoms with Crippen LogP contribution in [-0.2, 0) is 0 Å². The molecular weight excluding hydrogens is 194 g/mol. The third-order valence-corrected chi connectivity index (χ3v) is 0. The number of hydrogen-bond acceptors (Lipinski definition) is 3. The highest BCUT2D eigenvalue weighted by Crippen LogP contribution is 1.48. The molecule has 0 aromatic heterocycles. The van der Waals surface area contributed by atoms with Crippen LogP contribution in [0.2, 0.25) is 0 Å². The largest absolute Gasteiger partial charge is 0.312 e. The third-order valence-electron chi connectivity index (χ3n) is 0. The van der Waals surface area contributed by atoms with Gasteiger partial charge in [-0.05, 0) is 42.3 Å². The number of nitrogens with two attached hydrogens (primary N) is 1. The van der Waals surface area contributed by atoms with E-state index in [2.05, 4.69) is 20.9 Å². The van der Waals surface area contributed by atoms with Crippen molar-refractivity contribution in [3.05, 3.63) is 0 Å². The Bertz CT molecular complexity index is 28.5. The molecule has 0 saturated carbocycles. The minimum Gasteiger partial charge on any atom is -0.312 e.